The number of rotatable bonds is 10. The fraction of sp³-hybridized carbons (Fsp3) is 0.233. The van der Waals surface area contributed by atoms with Crippen molar-refractivity contribution < 1.29 is 0 Å². The van der Waals surface area contributed by atoms with Crippen molar-refractivity contribution in [1.29, 1.82) is 0 Å². The maximum Gasteiger partial charge on any atom is 0.138 e. The Morgan fingerprint density at radius 2 is 1.49 bits per heavy atom. The predicted octanol–water partition coefficient (Wildman–Crippen LogP) is 7.11. The molecule has 5 aromatic heterocycles. The Morgan fingerprint density at radius 1 is 0.718 bits per heavy atom. The van der Waals surface area contributed by atoms with Crippen molar-refractivity contribution in [3.8, 4) is 0 Å². The van der Waals surface area contributed by atoms with Gasteiger partial charge in [-0.3, -0.25) is 4.98 Å². The highest BCUT2D eigenvalue weighted by Gasteiger charge is 2.13. The Bertz CT molecular complexity index is 1710. The highest BCUT2D eigenvalue weighted by molar-refractivity contribution is 7.19. The van der Waals surface area contributed by atoms with Crippen LogP contribution < -0.4 is 10.6 Å². The third-order valence-corrected chi connectivity index (χ3v) is 8.44. The van der Waals surface area contributed by atoms with Crippen LogP contribution in [0, 0.1) is 13.8 Å². The summed E-state index contributed by atoms with van der Waals surface area (Å²) in [4.78, 5) is 28.2. The van der Waals surface area contributed by atoms with Crippen molar-refractivity contribution in [1.82, 2.24) is 24.9 Å². The van der Waals surface area contributed by atoms with Gasteiger partial charge in [0.15, 0.2) is 0 Å². The zero-order chi connectivity index (χ0) is 26.6. The first-order valence-electron chi connectivity index (χ1n) is 13.1. The monoisotopic (exact) mass is 551 g/mol. The molecule has 9 heteroatoms. The van der Waals surface area contributed by atoms with Crippen molar-refractivity contribution in [2.24, 2.45) is 0 Å². The van der Waals surface area contributed by atoms with Crippen LogP contribution in [0.4, 0.5) is 11.6 Å². The number of anilines is 2. The first kappa shape index (κ1) is 25.3. The second-order valence-electron chi connectivity index (χ2n) is 9.48. The summed E-state index contributed by atoms with van der Waals surface area (Å²) in [7, 11) is 0. The molecule has 0 aliphatic rings. The van der Waals surface area contributed by atoms with E-state index in [1.807, 2.05) is 37.4 Å². The molecule has 0 spiro atoms. The zero-order valence-electron chi connectivity index (χ0n) is 21.9. The van der Waals surface area contributed by atoms with Crippen molar-refractivity contribution >= 4 is 54.7 Å². The summed E-state index contributed by atoms with van der Waals surface area (Å²) in [6, 6.07) is 20.7. The smallest absolute Gasteiger partial charge is 0.138 e. The maximum atomic E-state index is 4.91. The summed E-state index contributed by atoms with van der Waals surface area (Å²) < 4.78 is 0. The number of thiophene rings is 2. The van der Waals surface area contributed by atoms with Gasteiger partial charge in [0.2, 0.25) is 0 Å². The van der Waals surface area contributed by atoms with Crippen molar-refractivity contribution in [3.63, 3.8) is 0 Å². The molecule has 0 unspecified atom stereocenters. The Kier molecular flexibility index (Phi) is 7.42. The maximum absolute atomic E-state index is 4.91. The summed E-state index contributed by atoms with van der Waals surface area (Å²) in [5, 5.41) is 9.17. The number of nitrogens with zero attached hydrogens (tertiary/aromatic N) is 5. The topological polar surface area (TPSA) is 88.5 Å². The molecule has 0 saturated carbocycles. The lowest BCUT2D eigenvalue weighted by Crippen LogP contribution is -2.06. The third-order valence-electron chi connectivity index (χ3n) is 6.41. The minimum absolute atomic E-state index is 0.629. The lowest BCUT2D eigenvalue weighted by atomic mass is 10.2. The summed E-state index contributed by atoms with van der Waals surface area (Å²) in [5.41, 5.74) is 2.21. The molecule has 39 heavy (non-hydrogen) atoms. The van der Waals surface area contributed by atoms with Crippen molar-refractivity contribution in [3.05, 3.63) is 99.5 Å². The van der Waals surface area contributed by atoms with E-state index in [-0.39, 0.29) is 0 Å². The lowest BCUT2D eigenvalue weighted by molar-refractivity contribution is 0.784. The zero-order valence-corrected chi connectivity index (χ0v) is 23.6. The van der Waals surface area contributed by atoms with Crippen LogP contribution in [-0.2, 0) is 25.9 Å². The van der Waals surface area contributed by atoms with E-state index in [2.05, 4.69) is 58.9 Å². The Hall–Kier alpha value is -3.95. The molecule has 0 aliphatic heterocycles. The van der Waals surface area contributed by atoms with Crippen LogP contribution in [0.2, 0.25) is 0 Å². The molecule has 0 radical (unpaired) electrons. The van der Waals surface area contributed by atoms with Crippen LogP contribution in [0.15, 0.2) is 66.9 Å². The van der Waals surface area contributed by atoms with Gasteiger partial charge in [0.25, 0.3) is 0 Å². The molecule has 196 valence electrons. The normalized spacial score (nSPS) is 11.3. The van der Waals surface area contributed by atoms with Gasteiger partial charge in [0.05, 0.1) is 23.0 Å². The van der Waals surface area contributed by atoms with Gasteiger partial charge in [-0.2, -0.15) is 0 Å². The molecule has 7 nitrogen and oxygen atoms in total. The molecule has 6 rings (SSSR count). The average Bonchev–Trinajstić information content (AvgIpc) is 3.53. The van der Waals surface area contributed by atoms with E-state index < -0.39 is 0 Å². The third kappa shape index (κ3) is 6.05. The van der Waals surface area contributed by atoms with Crippen LogP contribution in [0.1, 0.15) is 39.1 Å². The fourth-order valence-electron chi connectivity index (χ4n) is 4.55. The van der Waals surface area contributed by atoms with E-state index in [1.165, 1.54) is 15.3 Å². The van der Waals surface area contributed by atoms with Gasteiger partial charge in [0, 0.05) is 28.9 Å². The summed E-state index contributed by atoms with van der Waals surface area (Å²) in [6.45, 7) is 5.43. The van der Waals surface area contributed by atoms with E-state index in [9.17, 15) is 0 Å². The summed E-state index contributed by atoms with van der Waals surface area (Å²) in [5.74, 6) is 3.43. The first-order chi connectivity index (χ1) is 19.1. The highest BCUT2D eigenvalue weighted by atomic mass is 32.1. The molecule has 0 bridgehead atoms. The van der Waals surface area contributed by atoms with Gasteiger partial charge in [-0.05, 0) is 56.5 Å². The number of pyridine rings is 1. The Balaban J connectivity index is 1.15. The highest BCUT2D eigenvalue weighted by Crippen LogP contribution is 2.31. The average molecular weight is 552 g/mol. The van der Waals surface area contributed by atoms with Gasteiger partial charge < -0.3 is 10.6 Å². The van der Waals surface area contributed by atoms with Crippen LogP contribution in [0.25, 0.3) is 20.4 Å². The van der Waals surface area contributed by atoms with E-state index in [1.54, 1.807) is 22.7 Å². The van der Waals surface area contributed by atoms with E-state index in [4.69, 9.17) is 19.9 Å². The summed E-state index contributed by atoms with van der Waals surface area (Å²) >= 11 is 3.46. The molecule has 2 N–H and O–H groups in total. The molecule has 0 aliphatic carbocycles. The number of hydrogen-bond donors (Lipinski definition) is 2. The van der Waals surface area contributed by atoms with E-state index in [0.29, 0.717) is 6.54 Å². The lowest BCUT2D eigenvalue weighted by Gasteiger charge is -2.08. The molecule has 0 saturated heterocycles. The summed E-state index contributed by atoms with van der Waals surface area (Å²) in [6.07, 6.45) is 4.53. The van der Waals surface area contributed by atoms with Crippen molar-refractivity contribution in [2.45, 2.75) is 46.2 Å². The number of fused-ring (bicyclic) bond motifs is 2. The van der Waals surface area contributed by atoms with Gasteiger partial charge in [-0.1, -0.05) is 36.4 Å². The van der Waals surface area contributed by atoms with E-state index in [0.717, 1.165) is 75.2 Å². The fourth-order valence-corrected chi connectivity index (χ4v) is 6.56. The number of benzene rings is 1. The molecular formula is C30H29N7S2. The Morgan fingerprint density at radius 3 is 2.33 bits per heavy atom. The number of aryl methyl sites for hydroxylation is 4. The first-order valence-corrected chi connectivity index (χ1v) is 14.7. The van der Waals surface area contributed by atoms with Crippen LogP contribution in [0.5, 0.6) is 0 Å². The Labute approximate surface area is 235 Å². The quantitative estimate of drug-likeness (QED) is 0.188. The van der Waals surface area contributed by atoms with E-state index >= 15 is 0 Å². The van der Waals surface area contributed by atoms with Gasteiger partial charge >= 0.3 is 0 Å². The van der Waals surface area contributed by atoms with Gasteiger partial charge in [0.1, 0.15) is 32.9 Å². The molecule has 5 heterocycles. The largest absolute Gasteiger partial charge is 0.365 e. The van der Waals surface area contributed by atoms with Crippen molar-refractivity contribution in [2.75, 3.05) is 10.6 Å². The van der Waals surface area contributed by atoms with Crippen LogP contribution in [0.3, 0.4) is 0 Å². The minimum Gasteiger partial charge on any atom is -0.365 e. The molecule has 1 aromatic carbocycles. The van der Waals surface area contributed by atoms with Crippen LogP contribution in [-0.4, -0.2) is 24.9 Å². The second kappa shape index (κ2) is 11.4. The van der Waals surface area contributed by atoms with Gasteiger partial charge in [-0.15, -0.1) is 22.7 Å². The second-order valence-corrected chi connectivity index (χ2v) is 11.8. The molecule has 0 atom stereocenters. The predicted molar refractivity (Wildman–Crippen MR) is 162 cm³/mol. The SMILES string of the molecule is Cc1nc(NCc2ccccc2)c2cc(CCCc3nc(NCc4ccccn4)c4cc(C)sc4n3)sc2n1. The number of nitrogens with one attached hydrogen (secondary N) is 2. The molecular weight excluding hydrogens is 523 g/mol. The number of hydrogen-bond acceptors (Lipinski definition) is 9. The molecule has 0 fully saturated rings. The number of aromatic nitrogens is 5. The van der Waals surface area contributed by atoms with Crippen LogP contribution >= 0.6 is 22.7 Å². The minimum atomic E-state index is 0.629. The molecule has 6 aromatic rings. The standard InChI is InChI=1S/C30H29N7S2/c1-19-15-24-28(33-18-22-11-6-7-14-31-22)36-26(37-30(24)38-19)13-8-12-23-16-25-27(34-20(2)35-29(25)39-23)32-17-21-9-4-3-5-10-21/h3-7,9-11,14-16H,8,12-13,17-18H2,1-2H3,(H,32,34,35)(H,33,36,37). The molecule has 0 amide bonds. The van der Waals surface area contributed by atoms with Gasteiger partial charge in [-0.25, -0.2) is 19.9 Å².